The highest BCUT2D eigenvalue weighted by Gasteiger charge is 2.09. The fourth-order valence-electron chi connectivity index (χ4n) is 1.96. The van der Waals surface area contributed by atoms with Gasteiger partial charge in [0.2, 0.25) is 0 Å². The maximum Gasteiger partial charge on any atom is 0.387 e. The normalized spacial score (nSPS) is 10.3. The van der Waals surface area contributed by atoms with E-state index in [9.17, 15) is 18.4 Å². The molecular weight excluding hydrogens is 318 g/mol. The van der Waals surface area contributed by atoms with Gasteiger partial charge < -0.3 is 15.4 Å². The van der Waals surface area contributed by atoms with Crippen molar-refractivity contribution in [2.45, 2.75) is 6.61 Å². The molecule has 0 aliphatic rings. The Bertz CT molecular complexity index is 693. The highest BCUT2D eigenvalue weighted by molar-refractivity contribution is 5.95. The quantitative estimate of drug-likeness (QED) is 0.764. The molecule has 2 aromatic rings. The smallest absolute Gasteiger partial charge is 0.387 e. The van der Waals surface area contributed by atoms with Crippen LogP contribution in [-0.4, -0.2) is 31.5 Å². The second kappa shape index (κ2) is 8.61. The maximum absolute atomic E-state index is 12.2. The van der Waals surface area contributed by atoms with E-state index in [0.29, 0.717) is 5.56 Å². The van der Waals surface area contributed by atoms with Gasteiger partial charge in [-0.1, -0.05) is 24.3 Å². The van der Waals surface area contributed by atoms with Crippen LogP contribution in [0.2, 0.25) is 0 Å². The average molecular weight is 334 g/mol. The first-order chi connectivity index (χ1) is 11.6. The molecule has 0 bridgehead atoms. The van der Waals surface area contributed by atoms with Crippen molar-refractivity contribution in [1.29, 1.82) is 0 Å². The molecule has 2 rings (SSSR count). The van der Waals surface area contributed by atoms with Crippen LogP contribution in [-0.2, 0) is 0 Å². The third-order valence-corrected chi connectivity index (χ3v) is 3.05. The molecular formula is C17H16F2N2O3. The summed E-state index contributed by atoms with van der Waals surface area (Å²) in [6.07, 6.45) is 0. The Morgan fingerprint density at radius 3 is 2.08 bits per heavy atom. The zero-order chi connectivity index (χ0) is 17.4. The number of halogens is 2. The first-order valence-electron chi connectivity index (χ1n) is 7.22. The van der Waals surface area contributed by atoms with Crippen molar-refractivity contribution in [3.8, 4) is 5.75 Å². The molecule has 7 heteroatoms. The molecule has 0 radical (unpaired) electrons. The van der Waals surface area contributed by atoms with E-state index >= 15 is 0 Å². The standard InChI is InChI=1S/C17H16F2N2O3/c18-17(19)24-14-8-4-7-13(11-14)16(23)21-10-9-20-15(22)12-5-2-1-3-6-12/h1-8,11,17H,9-10H2,(H,20,22)(H,21,23). The van der Waals surface area contributed by atoms with Crippen molar-refractivity contribution in [2.24, 2.45) is 0 Å². The largest absolute Gasteiger partial charge is 0.435 e. The molecule has 0 aliphatic heterocycles. The SMILES string of the molecule is O=C(NCCNC(=O)c1cccc(OC(F)F)c1)c1ccccc1. The van der Waals surface area contributed by atoms with E-state index in [1.165, 1.54) is 24.3 Å². The lowest BCUT2D eigenvalue weighted by Gasteiger charge is -2.09. The second-order valence-corrected chi connectivity index (χ2v) is 4.78. The lowest BCUT2D eigenvalue weighted by Crippen LogP contribution is -2.34. The molecule has 0 saturated carbocycles. The first-order valence-corrected chi connectivity index (χ1v) is 7.22. The van der Waals surface area contributed by atoms with Crippen LogP contribution in [0.4, 0.5) is 8.78 Å². The number of hydrogen-bond acceptors (Lipinski definition) is 3. The van der Waals surface area contributed by atoms with Crippen LogP contribution in [0.25, 0.3) is 0 Å². The minimum atomic E-state index is -2.95. The summed E-state index contributed by atoms with van der Waals surface area (Å²) >= 11 is 0. The molecule has 5 nitrogen and oxygen atoms in total. The number of benzene rings is 2. The van der Waals surface area contributed by atoms with Gasteiger partial charge >= 0.3 is 6.61 Å². The fourth-order valence-corrected chi connectivity index (χ4v) is 1.96. The van der Waals surface area contributed by atoms with Gasteiger partial charge in [-0.25, -0.2) is 0 Å². The lowest BCUT2D eigenvalue weighted by atomic mass is 10.2. The van der Waals surface area contributed by atoms with E-state index in [1.807, 2.05) is 6.07 Å². The Morgan fingerprint density at radius 2 is 1.46 bits per heavy atom. The number of carbonyl (C=O) groups is 2. The topological polar surface area (TPSA) is 67.4 Å². The molecule has 0 atom stereocenters. The molecule has 2 N–H and O–H groups in total. The number of nitrogens with one attached hydrogen (secondary N) is 2. The summed E-state index contributed by atoms with van der Waals surface area (Å²) in [6.45, 7) is -2.50. The fraction of sp³-hybridized carbons (Fsp3) is 0.176. The second-order valence-electron chi connectivity index (χ2n) is 4.78. The Kier molecular flexibility index (Phi) is 6.24. The summed E-state index contributed by atoms with van der Waals surface area (Å²) in [5.74, 6) is -0.768. The van der Waals surface area contributed by atoms with Crippen molar-refractivity contribution in [2.75, 3.05) is 13.1 Å². The third kappa shape index (κ3) is 5.35. The van der Waals surface area contributed by atoms with Crippen molar-refractivity contribution in [3.63, 3.8) is 0 Å². The van der Waals surface area contributed by atoms with Crippen LogP contribution in [0.1, 0.15) is 20.7 Å². The minimum Gasteiger partial charge on any atom is -0.435 e. The van der Waals surface area contributed by atoms with Crippen LogP contribution in [0.15, 0.2) is 54.6 Å². The first kappa shape index (κ1) is 17.4. The van der Waals surface area contributed by atoms with Gasteiger partial charge in [0.05, 0.1) is 0 Å². The van der Waals surface area contributed by atoms with E-state index in [4.69, 9.17) is 0 Å². The Balaban J connectivity index is 1.78. The van der Waals surface area contributed by atoms with Gasteiger partial charge in [0.15, 0.2) is 0 Å². The van der Waals surface area contributed by atoms with Gasteiger partial charge in [0, 0.05) is 24.2 Å². The van der Waals surface area contributed by atoms with Crippen molar-refractivity contribution in [3.05, 3.63) is 65.7 Å². The molecule has 0 saturated heterocycles. The third-order valence-electron chi connectivity index (χ3n) is 3.05. The zero-order valence-electron chi connectivity index (χ0n) is 12.7. The highest BCUT2D eigenvalue weighted by Crippen LogP contribution is 2.15. The Hall–Kier alpha value is -2.96. The number of amides is 2. The molecule has 0 unspecified atom stereocenters. The maximum atomic E-state index is 12.2. The highest BCUT2D eigenvalue weighted by atomic mass is 19.3. The molecule has 126 valence electrons. The summed E-state index contributed by atoms with van der Waals surface area (Å²) in [7, 11) is 0. The van der Waals surface area contributed by atoms with Crippen molar-refractivity contribution < 1.29 is 23.1 Å². The summed E-state index contributed by atoms with van der Waals surface area (Å²) in [6, 6.07) is 14.2. The number of alkyl halides is 2. The van der Waals surface area contributed by atoms with Gasteiger partial charge in [0.25, 0.3) is 11.8 Å². The average Bonchev–Trinajstić information content (AvgIpc) is 2.58. The summed E-state index contributed by atoms with van der Waals surface area (Å²) < 4.78 is 28.5. The molecule has 0 heterocycles. The van der Waals surface area contributed by atoms with Gasteiger partial charge in [-0.05, 0) is 30.3 Å². The molecule has 0 spiro atoms. The monoisotopic (exact) mass is 334 g/mol. The Labute approximate surface area is 137 Å². The van der Waals surface area contributed by atoms with Crippen LogP contribution in [0.5, 0.6) is 5.75 Å². The van der Waals surface area contributed by atoms with Gasteiger partial charge in [0.1, 0.15) is 5.75 Å². The molecule has 0 aliphatic carbocycles. The molecule has 0 aromatic heterocycles. The Morgan fingerprint density at radius 1 is 0.875 bits per heavy atom. The van der Waals surface area contributed by atoms with Crippen LogP contribution in [0, 0.1) is 0 Å². The van der Waals surface area contributed by atoms with E-state index < -0.39 is 12.5 Å². The zero-order valence-corrected chi connectivity index (χ0v) is 12.7. The number of hydrogen-bond donors (Lipinski definition) is 2. The minimum absolute atomic E-state index is 0.0879. The predicted molar refractivity (Wildman–Crippen MR) is 84.2 cm³/mol. The molecule has 0 fully saturated rings. The molecule has 24 heavy (non-hydrogen) atoms. The lowest BCUT2D eigenvalue weighted by molar-refractivity contribution is -0.0498. The van der Waals surface area contributed by atoms with Crippen LogP contribution in [0.3, 0.4) is 0 Å². The van der Waals surface area contributed by atoms with Gasteiger partial charge in [-0.3, -0.25) is 9.59 Å². The number of rotatable bonds is 7. The van der Waals surface area contributed by atoms with E-state index in [2.05, 4.69) is 15.4 Å². The van der Waals surface area contributed by atoms with E-state index in [-0.39, 0.29) is 30.3 Å². The van der Waals surface area contributed by atoms with Crippen LogP contribution < -0.4 is 15.4 Å². The molecule has 2 amide bonds. The van der Waals surface area contributed by atoms with E-state index in [0.717, 1.165) is 0 Å². The summed E-state index contributed by atoms with van der Waals surface area (Å²) in [4.78, 5) is 23.7. The van der Waals surface area contributed by atoms with Crippen molar-refractivity contribution in [1.82, 2.24) is 10.6 Å². The van der Waals surface area contributed by atoms with E-state index in [1.54, 1.807) is 24.3 Å². The number of ether oxygens (including phenoxy) is 1. The number of carbonyl (C=O) groups excluding carboxylic acids is 2. The van der Waals surface area contributed by atoms with Gasteiger partial charge in [-0.15, -0.1) is 0 Å². The van der Waals surface area contributed by atoms with Crippen molar-refractivity contribution >= 4 is 11.8 Å². The van der Waals surface area contributed by atoms with Crippen LogP contribution >= 0.6 is 0 Å². The summed E-state index contributed by atoms with van der Waals surface area (Å²) in [5, 5.41) is 5.26. The van der Waals surface area contributed by atoms with Gasteiger partial charge in [-0.2, -0.15) is 8.78 Å². The summed E-state index contributed by atoms with van der Waals surface area (Å²) in [5.41, 5.74) is 0.725. The predicted octanol–water partition coefficient (Wildman–Crippen LogP) is 2.45. The molecule has 2 aromatic carbocycles.